The summed E-state index contributed by atoms with van der Waals surface area (Å²) < 4.78 is 1.74. The fourth-order valence-corrected chi connectivity index (χ4v) is 3.96. The topological polar surface area (TPSA) is 71.3 Å². The molecule has 3 rings (SSSR count). The van der Waals surface area contributed by atoms with Gasteiger partial charge in [-0.15, -0.1) is 0 Å². The molecule has 0 N–H and O–H groups in total. The van der Waals surface area contributed by atoms with Crippen LogP contribution >= 0.6 is 0 Å². The van der Waals surface area contributed by atoms with Crippen LogP contribution in [0.5, 0.6) is 0 Å². The highest BCUT2D eigenvalue weighted by molar-refractivity contribution is 5.86. The average molecular weight is 333 g/mol. The molecule has 1 aromatic heterocycles. The van der Waals surface area contributed by atoms with E-state index in [1.807, 2.05) is 9.80 Å². The summed E-state index contributed by atoms with van der Waals surface area (Å²) >= 11 is 0. The minimum atomic E-state index is -0.329. The molecule has 7 nitrogen and oxygen atoms in total. The highest BCUT2D eigenvalue weighted by Gasteiger charge is 2.49. The zero-order chi connectivity index (χ0) is 17.2. The van der Waals surface area contributed by atoms with Gasteiger partial charge in [0, 0.05) is 38.6 Å². The van der Waals surface area contributed by atoms with Crippen LogP contribution in [-0.2, 0) is 16.1 Å². The molecule has 1 spiro atoms. The highest BCUT2D eigenvalue weighted by atomic mass is 16.2. The van der Waals surface area contributed by atoms with Gasteiger partial charge in [0.2, 0.25) is 11.8 Å². The summed E-state index contributed by atoms with van der Waals surface area (Å²) in [6.07, 6.45) is 7.17. The molecule has 2 aliphatic heterocycles. The third kappa shape index (κ3) is 3.30. The lowest BCUT2D eigenvalue weighted by Crippen LogP contribution is -2.52. The molecule has 0 radical (unpaired) electrons. The number of aryl methyl sites for hydroxylation is 1. The van der Waals surface area contributed by atoms with E-state index in [9.17, 15) is 9.59 Å². The Labute approximate surface area is 143 Å². The van der Waals surface area contributed by atoms with Crippen molar-refractivity contribution >= 4 is 11.8 Å². The summed E-state index contributed by atoms with van der Waals surface area (Å²) in [5.41, 5.74) is -0.329. The number of likely N-dealkylation sites (tertiary alicyclic amines) is 2. The molecule has 0 aliphatic carbocycles. The van der Waals surface area contributed by atoms with Gasteiger partial charge in [-0.25, -0.2) is 4.98 Å². The van der Waals surface area contributed by atoms with Crippen LogP contribution in [0.2, 0.25) is 0 Å². The number of nitrogens with zero attached hydrogens (tertiary/aromatic N) is 5. The van der Waals surface area contributed by atoms with Crippen molar-refractivity contribution in [3.63, 3.8) is 0 Å². The van der Waals surface area contributed by atoms with Gasteiger partial charge in [0.15, 0.2) is 0 Å². The summed E-state index contributed by atoms with van der Waals surface area (Å²) in [5, 5.41) is 4.04. The summed E-state index contributed by atoms with van der Waals surface area (Å²) in [4.78, 5) is 33.2. The number of piperidine rings is 1. The van der Waals surface area contributed by atoms with E-state index in [2.05, 4.69) is 23.9 Å². The van der Waals surface area contributed by atoms with Gasteiger partial charge in [-0.2, -0.15) is 5.10 Å². The van der Waals surface area contributed by atoms with Crippen molar-refractivity contribution in [3.05, 3.63) is 12.7 Å². The van der Waals surface area contributed by atoms with Crippen molar-refractivity contribution < 1.29 is 9.59 Å². The maximum Gasteiger partial charge on any atom is 0.230 e. The van der Waals surface area contributed by atoms with Gasteiger partial charge in [-0.3, -0.25) is 14.3 Å². The Hall–Kier alpha value is -1.92. The average Bonchev–Trinajstić information content (AvgIpc) is 3.20. The fourth-order valence-electron chi connectivity index (χ4n) is 3.96. The van der Waals surface area contributed by atoms with Crippen molar-refractivity contribution in [3.8, 4) is 0 Å². The smallest absolute Gasteiger partial charge is 0.230 e. The first-order chi connectivity index (χ1) is 11.5. The van der Waals surface area contributed by atoms with Gasteiger partial charge in [0.05, 0.1) is 5.41 Å². The molecule has 7 heteroatoms. The molecule has 1 atom stereocenters. The Morgan fingerprint density at radius 2 is 2.17 bits per heavy atom. The lowest BCUT2D eigenvalue weighted by molar-refractivity contribution is -0.148. The van der Waals surface area contributed by atoms with E-state index in [1.54, 1.807) is 11.0 Å². The van der Waals surface area contributed by atoms with Gasteiger partial charge >= 0.3 is 0 Å². The minimum absolute atomic E-state index is 0.154. The third-order valence-corrected chi connectivity index (χ3v) is 5.34. The van der Waals surface area contributed by atoms with Crippen molar-refractivity contribution in [2.24, 2.45) is 5.41 Å². The predicted octanol–water partition coefficient (Wildman–Crippen LogP) is 1.31. The number of hydrogen-bond acceptors (Lipinski definition) is 4. The van der Waals surface area contributed by atoms with Gasteiger partial charge < -0.3 is 9.80 Å². The molecule has 0 saturated carbocycles. The Kier molecular flexibility index (Phi) is 4.87. The molecule has 0 unspecified atom stereocenters. The normalized spacial score (nSPS) is 24.4. The van der Waals surface area contributed by atoms with Crippen molar-refractivity contribution in [1.82, 2.24) is 24.6 Å². The maximum absolute atomic E-state index is 12.9. The van der Waals surface area contributed by atoms with Crippen LogP contribution in [0.25, 0.3) is 0 Å². The van der Waals surface area contributed by atoms with E-state index in [0.717, 1.165) is 32.2 Å². The number of carbonyl (C=O) groups is 2. The lowest BCUT2D eigenvalue weighted by Gasteiger charge is -2.41. The largest absolute Gasteiger partial charge is 0.342 e. The van der Waals surface area contributed by atoms with E-state index in [0.29, 0.717) is 26.1 Å². The van der Waals surface area contributed by atoms with Gasteiger partial charge in [0.1, 0.15) is 12.7 Å². The standard InChI is InChI=1S/C17H27N5O2/c1-14(2)22-9-4-6-17(16(22)24)7-10-20(11-17)15(23)5-3-8-21-13-18-12-19-21/h12-14H,3-11H2,1-2H3/t17-/m1/s1. The molecule has 1 aromatic rings. The number of hydrogen-bond donors (Lipinski definition) is 0. The second-order valence-electron chi connectivity index (χ2n) is 7.30. The maximum atomic E-state index is 12.9. The number of amides is 2. The van der Waals surface area contributed by atoms with Crippen LogP contribution in [0.1, 0.15) is 46.0 Å². The summed E-state index contributed by atoms with van der Waals surface area (Å²) in [7, 11) is 0. The minimum Gasteiger partial charge on any atom is -0.342 e. The molecular weight excluding hydrogens is 306 g/mol. The highest BCUT2D eigenvalue weighted by Crippen LogP contribution is 2.40. The lowest BCUT2D eigenvalue weighted by atomic mass is 9.78. The van der Waals surface area contributed by atoms with Crippen LogP contribution in [-0.4, -0.2) is 62.1 Å². The molecule has 3 heterocycles. The van der Waals surface area contributed by atoms with Crippen molar-refractivity contribution in [2.45, 2.75) is 58.5 Å². The molecule has 24 heavy (non-hydrogen) atoms. The molecule has 0 bridgehead atoms. The third-order valence-electron chi connectivity index (χ3n) is 5.34. The van der Waals surface area contributed by atoms with Gasteiger partial charge in [-0.05, 0) is 39.5 Å². The van der Waals surface area contributed by atoms with Crippen LogP contribution in [0.3, 0.4) is 0 Å². The molecular formula is C17H27N5O2. The first-order valence-electron chi connectivity index (χ1n) is 8.93. The Bertz CT molecular complexity index is 586. The van der Waals surface area contributed by atoms with E-state index in [-0.39, 0.29) is 23.3 Å². The van der Waals surface area contributed by atoms with E-state index >= 15 is 0 Å². The predicted molar refractivity (Wildman–Crippen MR) is 89.0 cm³/mol. The molecule has 2 amide bonds. The Balaban J connectivity index is 1.54. The van der Waals surface area contributed by atoms with Gasteiger partial charge in [0.25, 0.3) is 0 Å². The second kappa shape index (κ2) is 6.91. The van der Waals surface area contributed by atoms with Crippen molar-refractivity contribution in [2.75, 3.05) is 19.6 Å². The fraction of sp³-hybridized carbons (Fsp3) is 0.765. The SMILES string of the molecule is CC(C)N1CCC[C@]2(CCN(C(=O)CCCn3cncn3)C2)C1=O. The van der Waals surface area contributed by atoms with E-state index < -0.39 is 0 Å². The molecule has 0 aromatic carbocycles. The number of aromatic nitrogens is 3. The molecule has 2 fully saturated rings. The van der Waals surface area contributed by atoms with Crippen LogP contribution in [0, 0.1) is 5.41 Å². The van der Waals surface area contributed by atoms with E-state index in [4.69, 9.17) is 0 Å². The number of carbonyl (C=O) groups excluding carboxylic acids is 2. The van der Waals surface area contributed by atoms with Gasteiger partial charge in [-0.1, -0.05) is 0 Å². The first kappa shape index (κ1) is 16.9. The molecule has 2 aliphatic rings. The summed E-state index contributed by atoms with van der Waals surface area (Å²) in [5.74, 6) is 0.406. The Morgan fingerprint density at radius 1 is 1.33 bits per heavy atom. The van der Waals surface area contributed by atoms with Crippen LogP contribution in [0.15, 0.2) is 12.7 Å². The molecule has 132 valence electrons. The summed E-state index contributed by atoms with van der Waals surface area (Å²) in [6.45, 7) is 6.99. The second-order valence-corrected chi connectivity index (χ2v) is 7.30. The summed E-state index contributed by atoms with van der Waals surface area (Å²) in [6, 6.07) is 0.238. The zero-order valence-electron chi connectivity index (χ0n) is 14.6. The molecule has 2 saturated heterocycles. The monoisotopic (exact) mass is 333 g/mol. The van der Waals surface area contributed by atoms with Crippen molar-refractivity contribution in [1.29, 1.82) is 0 Å². The zero-order valence-corrected chi connectivity index (χ0v) is 14.6. The van der Waals surface area contributed by atoms with Crippen LogP contribution in [0.4, 0.5) is 0 Å². The quantitative estimate of drug-likeness (QED) is 0.814. The first-order valence-corrected chi connectivity index (χ1v) is 8.93. The van der Waals surface area contributed by atoms with E-state index in [1.165, 1.54) is 6.33 Å². The van der Waals surface area contributed by atoms with Crippen LogP contribution < -0.4 is 0 Å². The Morgan fingerprint density at radius 3 is 2.88 bits per heavy atom. The number of rotatable bonds is 5.